The van der Waals surface area contributed by atoms with E-state index >= 15 is 0 Å². The Kier molecular flexibility index (Phi) is 10.3. The summed E-state index contributed by atoms with van der Waals surface area (Å²) in [5.74, 6) is 1.79. The van der Waals surface area contributed by atoms with Crippen LogP contribution in [0.5, 0.6) is 0 Å². The number of carbonyl (C=O) groups excluding carboxylic acids is 4. The van der Waals surface area contributed by atoms with E-state index in [0.29, 0.717) is 5.92 Å². The summed E-state index contributed by atoms with van der Waals surface area (Å²) >= 11 is 0. The highest BCUT2D eigenvalue weighted by atomic mass is 16.5. The second-order valence-electron chi connectivity index (χ2n) is 17.2. The molecule has 2 aliphatic heterocycles. The third kappa shape index (κ3) is 6.91. The topological polar surface area (TPSA) is 184 Å². The summed E-state index contributed by atoms with van der Waals surface area (Å²) in [7, 11) is 4.10. The number of methoxy groups -OCH3 is 3. The van der Waals surface area contributed by atoms with Crippen molar-refractivity contribution in [3.8, 4) is 22.4 Å². The van der Waals surface area contributed by atoms with Crippen molar-refractivity contribution in [3.05, 3.63) is 72.4 Å². The van der Waals surface area contributed by atoms with Gasteiger partial charge in [0, 0.05) is 24.6 Å². The van der Waals surface area contributed by atoms with Gasteiger partial charge in [-0.25, -0.2) is 19.6 Å². The molecule has 1 unspecified atom stereocenters. The van der Waals surface area contributed by atoms with Crippen molar-refractivity contribution in [1.29, 1.82) is 0 Å². The Morgan fingerprint density at radius 3 is 2.17 bits per heavy atom. The number of aromatic amines is 2. The normalized spacial score (nSPS) is 24.4. The summed E-state index contributed by atoms with van der Waals surface area (Å²) in [6, 6.07) is 17.1. The fourth-order valence-corrected chi connectivity index (χ4v) is 10.0. The first-order chi connectivity index (χ1) is 29.0. The molecule has 9 rings (SSSR count). The molecule has 5 aromatic rings. The number of carbonyl (C=O) groups is 4. The van der Waals surface area contributed by atoms with Crippen LogP contribution in [0.25, 0.3) is 44.2 Å². The highest BCUT2D eigenvalue weighted by molar-refractivity contribution is 6.05. The van der Waals surface area contributed by atoms with Crippen LogP contribution in [0, 0.1) is 17.8 Å². The molecule has 0 radical (unpaired) electrons. The lowest BCUT2D eigenvalue weighted by Crippen LogP contribution is -2.56. The third-order valence-electron chi connectivity index (χ3n) is 13.4. The van der Waals surface area contributed by atoms with Crippen molar-refractivity contribution >= 4 is 45.8 Å². The molecule has 314 valence electrons. The second kappa shape index (κ2) is 15.6. The van der Waals surface area contributed by atoms with Gasteiger partial charge in [0.2, 0.25) is 11.8 Å². The molecule has 60 heavy (non-hydrogen) atoms. The van der Waals surface area contributed by atoms with Gasteiger partial charge in [0.25, 0.3) is 0 Å². The van der Waals surface area contributed by atoms with Crippen LogP contribution < -0.4 is 10.6 Å². The van der Waals surface area contributed by atoms with Crippen molar-refractivity contribution < 1.29 is 33.4 Å². The highest BCUT2D eigenvalue weighted by Gasteiger charge is 2.56. The molecule has 4 heterocycles. The van der Waals surface area contributed by atoms with E-state index in [-0.39, 0.29) is 47.8 Å². The lowest BCUT2D eigenvalue weighted by atomic mass is 9.97. The number of hydrogen-bond acceptors (Lipinski definition) is 9. The number of ether oxygens (including phenoxy) is 3. The van der Waals surface area contributed by atoms with Crippen LogP contribution in [-0.4, -0.2) is 105 Å². The lowest BCUT2D eigenvalue weighted by Gasteiger charge is -2.37. The van der Waals surface area contributed by atoms with Gasteiger partial charge in [-0.05, 0) is 91.0 Å². The first-order valence-electron chi connectivity index (χ1n) is 20.9. The molecule has 4 aliphatic rings. The molecule has 2 aliphatic carbocycles. The molecule has 9 atom stereocenters. The minimum Gasteiger partial charge on any atom is -0.453 e. The molecule has 2 saturated heterocycles. The lowest BCUT2D eigenvalue weighted by molar-refractivity contribution is -0.141. The van der Waals surface area contributed by atoms with E-state index < -0.39 is 30.4 Å². The van der Waals surface area contributed by atoms with Crippen LogP contribution in [0.2, 0.25) is 0 Å². The minimum absolute atomic E-state index is 0.0686. The summed E-state index contributed by atoms with van der Waals surface area (Å²) in [5.41, 5.74) is 5.73. The first kappa shape index (κ1) is 39.5. The molecule has 2 saturated carbocycles. The van der Waals surface area contributed by atoms with Crippen LogP contribution in [0.15, 0.2) is 60.8 Å². The Morgan fingerprint density at radius 1 is 0.750 bits per heavy atom. The molecule has 2 aromatic heterocycles. The number of nitrogens with one attached hydrogen (secondary N) is 4. The number of amides is 4. The maximum atomic E-state index is 14.0. The Bertz CT molecular complexity index is 2460. The second-order valence-corrected chi connectivity index (χ2v) is 17.2. The number of fused-ring (bicyclic) bond motifs is 6. The monoisotopic (exact) mass is 816 g/mol. The first-order valence-corrected chi connectivity index (χ1v) is 20.9. The van der Waals surface area contributed by atoms with Crippen LogP contribution >= 0.6 is 0 Å². The van der Waals surface area contributed by atoms with Crippen molar-refractivity contribution in [1.82, 2.24) is 40.4 Å². The summed E-state index contributed by atoms with van der Waals surface area (Å²) in [4.78, 5) is 73.1. The Labute approximate surface area is 347 Å². The molecule has 15 nitrogen and oxygen atoms in total. The maximum Gasteiger partial charge on any atom is 0.407 e. The molecule has 4 fully saturated rings. The van der Waals surface area contributed by atoms with E-state index in [4.69, 9.17) is 24.2 Å². The van der Waals surface area contributed by atoms with Crippen LogP contribution in [-0.2, 0) is 23.8 Å². The van der Waals surface area contributed by atoms with E-state index in [0.717, 1.165) is 87.9 Å². The molecule has 4 N–H and O–H groups in total. The summed E-state index contributed by atoms with van der Waals surface area (Å²) in [5, 5.41) is 7.51. The molecular weight excluding hydrogens is 765 g/mol. The van der Waals surface area contributed by atoms with E-state index in [1.807, 2.05) is 35.9 Å². The number of benzene rings is 3. The molecule has 3 aromatic carbocycles. The molecule has 0 spiro atoms. The molecule has 2 bridgehead atoms. The number of hydrogen-bond donors (Lipinski definition) is 4. The number of aromatic nitrogens is 4. The van der Waals surface area contributed by atoms with E-state index in [2.05, 4.69) is 69.1 Å². The molecule has 15 heteroatoms. The van der Waals surface area contributed by atoms with Gasteiger partial charge in [-0.1, -0.05) is 56.3 Å². The summed E-state index contributed by atoms with van der Waals surface area (Å²) in [6.45, 7) is 5.61. The maximum absolute atomic E-state index is 14.0. The quantitative estimate of drug-likeness (QED) is 0.114. The Balaban J connectivity index is 0.930. The Hall–Kier alpha value is -5.96. The minimum atomic E-state index is -0.892. The predicted molar refractivity (Wildman–Crippen MR) is 223 cm³/mol. The number of alkyl carbamates (subject to hydrolysis) is 2. The van der Waals surface area contributed by atoms with Gasteiger partial charge >= 0.3 is 12.2 Å². The van der Waals surface area contributed by atoms with Gasteiger partial charge in [-0.3, -0.25) is 9.59 Å². The smallest absolute Gasteiger partial charge is 0.407 e. The zero-order valence-corrected chi connectivity index (χ0v) is 34.7. The van der Waals surface area contributed by atoms with E-state index in [1.165, 1.54) is 21.3 Å². The number of likely N-dealkylation sites (tertiary alicyclic amines) is 2. The van der Waals surface area contributed by atoms with Gasteiger partial charge in [-0.2, -0.15) is 0 Å². The van der Waals surface area contributed by atoms with Crippen molar-refractivity contribution in [2.24, 2.45) is 17.8 Å². The zero-order valence-electron chi connectivity index (χ0n) is 34.7. The fraction of sp³-hybridized carbons (Fsp3) is 0.467. The van der Waals surface area contributed by atoms with Crippen LogP contribution in [0.4, 0.5) is 9.59 Å². The average Bonchev–Trinajstić information content (AvgIpc) is 3.88. The molecule has 4 amide bonds. The summed E-state index contributed by atoms with van der Waals surface area (Å²) in [6.07, 6.45) is 4.60. The number of imidazole rings is 2. The standard InChI is InChI=1S/C45H52N8O7/c1-22(2)36(50-44(56)59-5)42(54)53-34-19-29(34)20-35(53)40-47-32-16-13-27-17-26(12-15-31(27)38(32)49-40)24-7-9-25(10-8-24)33-21-46-41(48-33)39-28-11-14-30(18-28)52(39)43(55)37(23(3)58-4)51-45(57)60-6/h7-10,12-13,15-17,21-23,28-30,34-37,39H,11,14,18-20H2,1-6H3,(H,46,48)(H,47,49)(H,50,56)(H,51,57)/t23-,28+,29-,30-,34?,35+,36+,37+,39+/m1/s1. The number of piperidine rings is 2. The van der Waals surface area contributed by atoms with Gasteiger partial charge < -0.3 is 44.6 Å². The largest absolute Gasteiger partial charge is 0.453 e. The van der Waals surface area contributed by atoms with Crippen molar-refractivity contribution in [2.45, 2.75) is 95.2 Å². The van der Waals surface area contributed by atoms with Gasteiger partial charge in [-0.15, -0.1) is 0 Å². The van der Waals surface area contributed by atoms with E-state index in [9.17, 15) is 19.2 Å². The predicted octanol–water partition coefficient (Wildman–Crippen LogP) is 6.63. The van der Waals surface area contributed by atoms with Gasteiger partial charge in [0.1, 0.15) is 23.7 Å². The van der Waals surface area contributed by atoms with Crippen molar-refractivity contribution in [2.75, 3.05) is 21.3 Å². The highest BCUT2D eigenvalue weighted by Crippen LogP contribution is 2.54. The van der Waals surface area contributed by atoms with Crippen LogP contribution in [0.3, 0.4) is 0 Å². The third-order valence-corrected chi connectivity index (χ3v) is 13.4. The van der Waals surface area contributed by atoms with Gasteiger partial charge in [0.05, 0.1) is 55.3 Å². The number of nitrogens with zero attached hydrogens (tertiary/aromatic N) is 4. The summed E-state index contributed by atoms with van der Waals surface area (Å²) < 4.78 is 15.1. The molecular formula is C45H52N8O7. The van der Waals surface area contributed by atoms with Crippen LogP contribution in [0.1, 0.15) is 76.6 Å². The average molecular weight is 817 g/mol. The Morgan fingerprint density at radius 2 is 1.45 bits per heavy atom. The fourth-order valence-electron chi connectivity index (χ4n) is 10.0. The SMILES string of the molecule is COC(=O)N[C@H](C(=O)N1C2C[C@@H]2C[C@H]1c1nc2c(ccc3cc(-c4ccc(-c5cnc([C@@H]6[C@H]7CC[C@H](C7)N6C(=O)[C@@H](NC(=O)OC)[C@@H](C)OC)[nH]5)cc4)ccc32)[nH]1)C(C)C. The number of rotatable bonds is 11. The van der Waals surface area contributed by atoms with E-state index in [1.54, 1.807) is 6.92 Å². The van der Waals surface area contributed by atoms with Crippen molar-refractivity contribution in [3.63, 3.8) is 0 Å². The van der Waals surface area contributed by atoms with Gasteiger partial charge in [0.15, 0.2) is 0 Å². The number of H-pyrrole nitrogens is 2. The zero-order chi connectivity index (χ0) is 42.0.